The van der Waals surface area contributed by atoms with Gasteiger partial charge in [-0.15, -0.1) is 10.2 Å². The van der Waals surface area contributed by atoms with Crippen LogP contribution in [-0.4, -0.2) is 27.7 Å². The Kier molecular flexibility index (Phi) is 4.68. The summed E-state index contributed by atoms with van der Waals surface area (Å²) in [6.07, 6.45) is 2.30. The van der Waals surface area contributed by atoms with Crippen LogP contribution in [0.2, 0.25) is 0 Å². The molecule has 0 unspecified atom stereocenters. The zero-order chi connectivity index (χ0) is 13.7. The summed E-state index contributed by atoms with van der Waals surface area (Å²) in [6.45, 7) is 2.16. The van der Waals surface area contributed by atoms with Gasteiger partial charge in [0.05, 0.1) is 12.7 Å². The van der Waals surface area contributed by atoms with E-state index in [9.17, 15) is 0 Å². The molecule has 0 amide bonds. The highest BCUT2D eigenvalue weighted by Gasteiger charge is 2.15. The summed E-state index contributed by atoms with van der Waals surface area (Å²) in [5.74, 6) is 8.42. The lowest BCUT2D eigenvalue weighted by atomic mass is 10.2. The number of rotatable bonds is 6. The van der Waals surface area contributed by atoms with E-state index in [4.69, 9.17) is 10.6 Å². The van der Waals surface area contributed by atoms with Crippen molar-refractivity contribution in [1.82, 2.24) is 14.9 Å². The molecular formula is C13H18N4OS. The molecule has 2 rings (SSSR count). The number of unbranched alkanes of at least 4 members (excludes halogenated alkanes) is 1. The van der Waals surface area contributed by atoms with Crippen molar-refractivity contribution in [3.63, 3.8) is 0 Å². The third-order valence-corrected chi connectivity index (χ3v) is 3.77. The largest absolute Gasteiger partial charge is 0.496 e. The number of methoxy groups -OCH3 is 1. The molecule has 1 aromatic heterocycles. The van der Waals surface area contributed by atoms with Crippen molar-refractivity contribution < 1.29 is 4.74 Å². The maximum atomic E-state index is 6.06. The van der Waals surface area contributed by atoms with E-state index in [-0.39, 0.29) is 0 Å². The van der Waals surface area contributed by atoms with E-state index in [1.165, 1.54) is 4.68 Å². The van der Waals surface area contributed by atoms with Crippen LogP contribution in [0.3, 0.4) is 0 Å². The highest BCUT2D eigenvalue weighted by atomic mass is 32.2. The third-order valence-electron chi connectivity index (χ3n) is 2.74. The first kappa shape index (κ1) is 13.7. The van der Waals surface area contributed by atoms with Gasteiger partial charge in [0.2, 0.25) is 5.16 Å². The molecule has 1 aromatic carbocycles. The Hall–Kier alpha value is -1.69. The van der Waals surface area contributed by atoms with Crippen molar-refractivity contribution in [2.45, 2.75) is 24.9 Å². The average Bonchev–Trinajstić information content (AvgIpc) is 2.80. The fraction of sp³-hybridized carbons (Fsp3) is 0.385. The van der Waals surface area contributed by atoms with Gasteiger partial charge in [0, 0.05) is 5.75 Å². The number of hydrogen-bond acceptors (Lipinski definition) is 5. The van der Waals surface area contributed by atoms with Gasteiger partial charge >= 0.3 is 0 Å². The number of thioether (sulfide) groups is 1. The Morgan fingerprint density at radius 3 is 2.84 bits per heavy atom. The van der Waals surface area contributed by atoms with Crippen LogP contribution >= 0.6 is 11.8 Å². The Balaban J connectivity index is 2.26. The summed E-state index contributed by atoms with van der Waals surface area (Å²) in [7, 11) is 1.63. The van der Waals surface area contributed by atoms with Crippen LogP contribution < -0.4 is 10.6 Å². The molecule has 102 valence electrons. The fourth-order valence-corrected chi connectivity index (χ4v) is 2.64. The van der Waals surface area contributed by atoms with Gasteiger partial charge in [-0.05, 0) is 18.6 Å². The number of aromatic nitrogens is 3. The van der Waals surface area contributed by atoms with E-state index < -0.39 is 0 Å². The highest BCUT2D eigenvalue weighted by molar-refractivity contribution is 7.99. The highest BCUT2D eigenvalue weighted by Crippen LogP contribution is 2.29. The van der Waals surface area contributed by atoms with Gasteiger partial charge in [-0.1, -0.05) is 37.2 Å². The van der Waals surface area contributed by atoms with Crippen molar-refractivity contribution >= 4 is 11.8 Å². The average molecular weight is 278 g/mol. The first-order chi connectivity index (χ1) is 9.27. The predicted molar refractivity (Wildman–Crippen MR) is 77.8 cm³/mol. The molecule has 0 fully saturated rings. The summed E-state index contributed by atoms with van der Waals surface area (Å²) in [5.41, 5.74) is 0.849. The molecule has 0 atom stereocenters. The van der Waals surface area contributed by atoms with E-state index in [1.54, 1.807) is 18.9 Å². The molecule has 0 radical (unpaired) electrons. The lowest BCUT2D eigenvalue weighted by molar-refractivity contribution is 0.416. The standard InChI is InChI=1S/C13H18N4OS/c1-3-4-9-19-13-16-15-12(17(13)14)10-7-5-6-8-11(10)18-2/h5-8H,3-4,9,14H2,1-2H3. The van der Waals surface area contributed by atoms with Gasteiger partial charge in [0.25, 0.3) is 0 Å². The minimum Gasteiger partial charge on any atom is -0.496 e. The van der Waals surface area contributed by atoms with Crippen LogP contribution in [0, 0.1) is 0 Å². The minimum atomic E-state index is 0.622. The quantitative estimate of drug-likeness (QED) is 0.500. The first-order valence-electron chi connectivity index (χ1n) is 6.24. The molecule has 19 heavy (non-hydrogen) atoms. The van der Waals surface area contributed by atoms with Crippen LogP contribution in [0.25, 0.3) is 11.4 Å². The second-order valence-electron chi connectivity index (χ2n) is 4.08. The van der Waals surface area contributed by atoms with Gasteiger partial charge in [0.1, 0.15) is 5.75 Å². The number of hydrogen-bond donors (Lipinski definition) is 1. The van der Waals surface area contributed by atoms with E-state index in [2.05, 4.69) is 17.1 Å². The summed E-state index contributed by atoms with van der Waals surface area (Å²) in [4.78, 5) is 0. The Morgan fingerprint density at radius 1 is 1.32 bits per heavy atom. The molecule has 2 N–H and O–H groups in total. The molecule has 2 aromatic rings. The van der Waals surface area contributed by atoms with Crippen molar-refractivity contribution in [1.29, 1.82) is 0 Å². The summed E-state index contributed by atoms with van der Waals surface area (Å²) >= 11 is 1.62. The topological polar surface area (TPSA) is 66.0 Å². The number of nitrogens with zero attached hydrogens (tertiary/aromatic N) is 3. The van der Waals surface area contributed by atoms with Crippen LogP contribution in [-0.2, 0) is 0 Å². The maximum Gasteiger partial charge on any atom is 0.210 e. The summed E-state index contributed by atoms with van der Waals surface area (Å²) < 4.78 is 6.85. The van der Waals surface area contributed by atoms with Crippen LogP contribution in [0.4, 0.5) is 0 Å². The second-order valence-corrected chi connectivity index (χ2v) is 5.14. The predicted octanol–water partition coefficient (Wildman–Crippen LogP) is 2.56. The Bertz CT molecular complexity index is 541. The zero-order valence-electron chi connectivity index (χ0n) is 11.2. The van der Waals surface area contributed by atoms with E-state index in [0.717, 1.165) is 35.1 Å². The van der Waals surface area contributed by atoms with Crippen molar-refractivity contribution in [2.75, 3.05) is 18.7 Å². The van der Waals surface area contributed by atoms with E-state index >= 15 is 0 Å². The van der Waals surface area contributed by atoms with Gasteiger partial charge in [-0.3, -0.25) is 0 Å². The van der Waals surface area contributed by atoms with Crippen molar-refractivity contribution in [2.24, 2.45) is 0 Å². The minimum absolute atomic E-state index is 0.622. The van der Waals surface area contributed by atoms with E-state index in [1.807, 2.05) is 24.3 Å². The maximum absolute atomic E-state index is 6.06. The Morgan fingerprint density at radius 2 is 2.11 bits per heavy atom. The lowest BCUT2D eigenvalue weighted by Crippen LogP contribution is -2.12. The number of nitrogens with two attached hydrogens (primary N) is 1. The van der Waals surface area contributed by atoms with Crippen molar-refractivity contribution in [3.8, 4) is 17.1 Å². The van der Waals surface area contributed by atoms with E-state index in [0.29, 0.717) is 5.82 Å². The normalized spacial score (nSPS) is 10.6. The van der Waals surface area contributed by atoms with Crippen LogP contribution in [0.5, 0.6) is 5.75 Å². The first-order valence-corrected chi connectivity index (χ1v) is 7.23. The molecular weight excluding hydrogens is 260 g/mol. The molecule has 0 aliphatic carbocycles. The third kappa shape index (κ3) is 3.01. The molecule has 6 heteroatoms. The SMILES string of the molecule is CCCCSc1nnc(-c2ccccc2OC)n1N. The van der Waals surface area contributed by atoms with Crippen LogP contribution in [0.15, 0.2) is 29.4 Å². The molecule has 0 spiro atoms. The molecule has 0 aliphatic rings. The molecule has 0 saturated heterocycles. The molecule has 0 saturated carbocycles. The van der Waals surface area contributed by atoms with Gasteiger partial charge in [0.15, 0.2) is 5.82 Å². The van der Waals surface area contributed by atoms with Crippen molar-refractivity contribution in [3.05, 3.63) is 24.3 Å². The number of nitrogen functional groups attached to an aromatic ring is 1. The number of ether oxygens (including phenoxy) is 1. The molecule has 1 heterocycles. The van der Waals surface area contributed by atoms with Gasteiger partial charge in [-0.25, -0.2) is 4.68 Å². The number of benzene rings is 1. The fourth-order valence-electron chi connectivity index (χ4n) is 1.70. The molecule has 0 bridgehead atoms. The summed E-state index contributed by atoms with van der Waals surface area (Å²) in [6, 6.07) is 7.65. The lowest BCUT2D eigenvalue weighted by Gasteiger charge is -2.07. The zero-order valence-corrected chi connectivity index (χ0v) is 12.0. The second kappa shape index (κ2) is 6.47. The van der Waals surface area contributed by atoms with Gasteiger partial charge in [-0.2, -0.15) is 0 Å². The van der Waals surface area contributed by atoms with Gasteiger partial charge < -0.3 is 10.6 Å². The Labute approximate surface area is 117 Å². The smallest absolute Gasteiger partial charge is 0.210 e. The van der Waals surface area contributed by atoms with Crippen LogP contribution in [0.1, 0.15) is 19.8 Å². The molecule has 0 aliphatic heterocycles. The molecule has 5 nitrogen and oxygen atoms in total. The monoisotopic (exact) mass is 278 g/mol. The number of para-hydroxylation sites is 1. The summed E-state index contributed by atoms with van der Waals surface area (Å²) in [5, 5.41) is 9.03.